The molecule has 1 aliphatic rings. The first-order valence-corrected chi connectivity index (χ1v) is 14.3. The number of fused-ring (bicyclic) bond motifs is 3. The third-order valence-corrected chi connectivity index (χ3v) is 8.10. The highest BCUT2D eigenvalue weighted by Gasteiger charge is 2.29. The predicted molar refractivity (Wildman–Crippen MR) is 152 cm³/mol. The van der Waals surface area contributed by atoms with Gasteiger partial charge in [-0.25, -0.2) is 13.8 Å². The van der Waals surface area contributed by atoms with Crippen LogP contribution in [0.1, 0.15) is 42.8 Å². The third kappa shape index (κ3) is 6.62. The number of aryl methyl sites for hydroxylation is 1. The van der Waals surface area contributed by atoms with E-state index in [2.05, 4.69) is 15.0 Å². The predicted octanol–water partition coefficient (Wildman–Crippen LogP) is 5.09. The monoisotopic (exact) mass is 580 g/mol. The molecule has 8 nitrogen and oxygen atoms in total. The minimum Gasteiger partial charge on any atom is -0.465 e. The molecule has 2 aromatic carbocycles. The summed E-state index contributed by atoms with van der Waals surface area (Å²) in [6, 6.07) is 9.22. The molecule has 41 heavy (non-hydrogen) atoms. The van der Waals surface area contributed by atoms with Crippen LogP contribution in [0.2, 0.25) is 0 Å². The van der Waals surface area contributed by atoms with E-state index in [1.165, 1.54) is 11.8 Å². The summed E-state index contributed by atoms with van der Waals surface area (Å²) in [5, 5.41) is 5.30. The lowest BCUT2D eigenvalue weighted by Crippen LogP contribution is -2.42. The van der Waals surface area contributed by atoms with Gasteiger partial charge in [-0.3, -0.25) is 18.8 Å². The van der Waals surface area contributed by atoms with E-state index >= 15 is 0 Å². The molecular formula is C30H30F2N4O4S. The first-order chi connectivity index (χ1) is 19.7. The maximum Gasteiger partial charge on any atom is 0.309 e. The summed E-state index contributed by atoms with van der Waals surface area (Å²) in [7, 11) is 0. The molecule has 2 heterocycles. The van der Waals surface area contributed by atoms with Crippen LogP contribution in [0.15, 0.2) is 48.7 Å². The third-order valence-electron chi connectivity index (χ3n) is 6.95. The van der Waals surface area contributed by atoms with E-state index in [1.807, 2.05) is 25.3 Å². The minimum atomic E-state index is -0.866. The number of esters is 1. The number of anilines is 1. The van der Waals surface area contributed by atoms with Gasteiger partial charge in [0, 0.05) is 40.5 Å². The summed E-state index contributed by atoms with van der Waals surface area (Å²) in [6.45, 7) is 3.95. The number of imidazole rings is 1. The number of nitrogens with zero attached hydrogens (tertiary/aromatic N) is 2. The highest BCUT2D eigenvalue weighted by molar-refractivity contribution is 7.17. The summed E-state index contributed by atoms with van der Waals surface area (Å²) in [5.41, 5.74) is 3.47. The lowest BCUT2D eigenvalue weighted by molar-refractivity contribution is -0.149. The molecule has 0 aliphatic heterocycles. The fourth-order valence-corrected chi connectivity index (χ4v) is 6.02. The Labute approximate surface area is 239 Å². The number of nitrogens with one attached hydrogen (secondary N) is 2. The minimum absolute atomic E-state index is 0.134. The zero-order valence-corrected chi connectivity index (χ0v) is 23.5. The van der Waals surface area contributed by atoms with Gasteiger partial charge in [0.05, 0.1) is 24.6 Å². The largest absolute Gasteiger partial charge is 0.465 e. The van der Waals surface area contributed by atoms with Gasteiger partial charge < -0.3 is 15.4 Å². The second kappa shape index (κ2) is 12.2. The summed E-state index contributed by atoms with van der Waals surface area (Å²) >= 11 is 1.64. The summed E-state index contributed by atoms with van der Waals surface area (Å²) in [4.78, 5) is 44.2. The Bertz CT molecular complexity index is 1580. The quantitative estimate of drug-likeness (QED) is 0.269. The molecule has 0 saturated carbocycles. The lowest BCUT2D eigenvalue weighted by Gasteiger charge is -2.20. The van der Waals surface area contributed by atoms with Gasteiger partial charge in [0.2, 0.25) is 11.8 Å². The van der Waals surface area contributed by atoms with Crippen LogP contribution in [-0.2, 0) is 38.4 Å². The molecule has 214 valence electrons. The fourth-order valence-electron chi connectivity index (χ4n) is 4.87. The maximum absolute atomic E-state index is 13.4. The lowest BCUT2D eigenvalue weighted by atomic mass is 9.91. The molecule has 4 aromatic rings. The molecule has 2 N–H and O–H groups in total. The Hall–Kier alpha value is -4.12. The number of ether oxygens (including phenoxy) is 1. The van der Waals surface area contributed by atoms with E-state index in [0.29, 0.717) is 18.7 Å². The van der Waals surface area contributed by atoms with E-state index in [1.54, 1.807) is 23.5 Å². The smallest absolute Gasteiger partial charge is 0.309 e. The zero-order chi connectivity index (χ0) is 29.1. The van der Waals surface area contributed by atoms with Gasteiger partial charge in [-0.15, -0.1) is 11.3 Å². The van der Waals surface area contributed by atoms with Crippen LogP contribution in [0, 0.1) is 17.6 Å². The highest BCUT2D eigenvalue weighted by Crippen LogP contribution is 2.35. The van der Waals surface area contributed by atoms with Crippen LogP contribution in [0.25, 0.3) is 16.2 Å². The first kappa shape index (κ1) is 28.4. The molecule has 5 rings (SSSR count). The van der Waals surface area contributed by atoms with Crippen molar-refractivity contribution in [1.29, 1.82) is 0 Å². The van der Waals surface area contributed by atoms with E-state index in [0.717, 1.165) is 59.4 Å². The van der Waals surface area contributed by atoms with Crippen molar-refractivity contribution in [2.45, 2.75) is 52.0 Å². The average Bonchev–Trinajstić information content (AvgIpc) is 3.49. The van der Waals surface area contributed by atoms with Gasteiger partial charge in [-0.05, 0) is 56.0 Å². The summed E-state index contributed by atoms with van der Waals surface area (Å²) < 4.78 is 34.2. The van der Waals surface area contributed by atoms with E-state index in [9.17, 15) is 23.2 Å². The van der Waals surface area contributed by atoms with Crippen LogP contribution >= 0.6 is 11.3 Å². The topological polar surface area (TPSA) is 102 Å². The van der Waals surface area contributed by atoms with Crippen molar-refractivity contribution in [1.82, 2.24) is 14.7 Å². The number of carbonyl (C=O) groups excluding carboxylic acids is 3. The number of carbonyl (C=O) groups is 3. The van der Waals surface area contributed by atoms with Crippen molar-refractivity contribution >= 4 is 39.8 Å². The number of aromatic nitrogens is 2. The van der Waals surface area contributed by atoms with Crippen LogP contribution in [0.4, 0.5) is 14.5 Å². The Morgan fingerprint density at radius 1 is 1.15 bits per heavy atom. The number of hydrogen-bond donors (Lipinski definition) is 2. The highest BCUT2D eigenvalue weighted by atomic mass is 32.1. The fraction of sp³-hybridized carbons (Fsp3) is 0.333. The number of hydrogen-bond acceptors (Lipinski definition) is 6. The molecule has 2 atom stereocenters. The van der Waals surface area contributed by atoms with E-state index in [4.69, 9.17) is 9.72 Å². The molecule has 0 spiro atoms. The normalized spacial score (nSPS) is 15.3. The molecule has 1 aliphatic carbocycles. The van der Waals surface area contributed by atoms with Crippen molar-refractivity contribution in [3.63, 3.8) is 0 Å². The number of halogens is 2. The Morgan fingerprint density at radius 3 is 2.59 bits per heavy atom. The molecule has 0 radical (unpaired) electrons. The molecule has 1 unspecified atom stereocenters. The maximum atomic E-state index is 13.4. The molecule has 2 aromatic heterocycles. The number of benzene rings is 2. The second-order valence-electron chi connectivity index (χ2n) is 10.2. The van der Waals surface area contributed by atoms with Gasteiger partial charge in [-0.1, -0.05) is 19.1 Å². The standard InChI is InChI=1S/C30H30F2N4O4S/c1-3-10-40-29(39)20-6-9-26-25(14-20)36-16-24(35-30(36)41-26)19-4-7-23(8-5-19)34-28(38)17(2)33-27(37)13-18-11-21(31)15-22(32)12-18/h4-5,7-8,11-12,15-17,20H,3,6,9-10,13-14H2,1-2H3,(H,33,37)(H,34,38)/t17-,20?/m0/s1. The van der Waals surface area contributed by atoms with E-state index in [-0.39, 0.29) is 23.9 Å². The van der Waals surface area contributed by atoms with Gasteiger partial charge in [0.25, 0.3) is 0 Å². The molecule has 0 bridgehead atoms. The van der Waals surface area contributed by atoms with Crippen molar-refractivity contribution in [3.8, 4) is 11.3 Å². The van der Waals surface area contributed by atoms with Crippen LogP contribution in [0.3, 0.4) is 0 Å². The van der Waals surface area contributed by atoms with Crippen molar-refractivity contribution in [3.05, 3.63) is 76.4 Å². The summed E-state index contributed by atoms with van der Waals surface area (Å²) in [5.74, 6) is -2.77. The first-order valence-electron chi connectivity index (χ1n) is 13.5. The second-order valence-corrected chi connectivity index (χ2v) is 11.2. The SMILES string of the molecule is CCCOC(=O)C1CCc2sc3nc(-c4ccc(NC(=O)[C@H](C)NC(=O)Cc5cc(F)cc(F)c5)cc4)cn3c2C1. The number of thiazole rings is 1. The number of amides is 2. The van der Waals surface area contributed by atoms with Gasteiger partial charge in [0.15, 0.2) is 4.96 Å². The molecule has 0 fully saturated rings. The van der Waals surface area contributed by atoms with Gasteiger partial charge in [0.1, 0.15) is 17.7 Å². The van der Waals surface area contributed by atoms with E-state index < -0.39 is 29.5 Å². The van der Waals surface area contributed by atoms with Crippen LogP contribution in [-0.4, -0.2) is 39.8 Å². The number of rotatable bonds is 9. The molecule has 11 heteroatoms. The zero-order valence-electron chi connectivity index (χ0n) is 22.7. The van der Waals surface area contributed by atoms with Crippen LogP contribution < -0.4 is 10.6 Å². The van der Waals surface area contributed by atoms with Gasteiger partial charge >= 0.3 is 5.97 Å². The summed E-state index contributed by atoms with van der Waals surface area (Å²) in [6.07, 6.45) is 4.77. The molecule has 2 amide bonds. The Kier molecular flexibility index (Phi) is 8.44. The van der Waals surface area contributed by atoms with Crippen molar-refractivity contribution in [2.75, 3.05) is 11.9 Å². The Balaban J connectivity index is 1.19. The molecular weight excluding hydrogens is 550 g/mol. The molecule has 0 saturated heterocycles. The van der Waals surface area contributed by atoms with Crippen molar-refractivity contribution in [2.24, 2.45) is 5.92 Å². The Morgan fingerprint density at radius 2 is 1.88 bits per heavy atom. The average molecular weight is 581 g/mol. The van der Waals surface area contributed by atoms with Gasteiger partial charge in [-0.2, -0.15) is 0 Å². The van der Waals surface area contributed by atoms with Crippen LogP contribution in [0.5, 0.6) is 0 Å². The van der Waals surface area contributed by atoms with Crippen molar-refractivity contribution < 1.29 is 27.9 Å².